The van der Waals surface area contributed by atoms with Crippen molar-refractivity contribution >= 4 is 17.8 Å². The number of methoxy groups -OCH3 is 1. The van der Waals surface area contributed by atoms with Gasteiger partial charge in [-0.3, -0.25) is 14.5 Å². The minimum atomic E-state index is -1.59. The minimum absolute atomic E-state index is 0.184. The van der Waals surface area contributed by atoms with Gasteiger partial charge in [0.2, 0.25) is 17.4 Å². The van der Waals surface area contributed by atoms with Crippen LogP contribution in [0.15, 0.2) is 24.3 Å². The predicted molar refractivity (Wildman–Crippen MR) is 82.3 cm³/mol. The van der Waals surface area contributed by atoms with Gasteiger partial charge in [0.15, 0.2) is 0 Å². The molecule has 0 unspecified atom stereocenters. The van der Waals surface area contributed by atoms with Crippen LogP contribution < -0.4 is 5.32 Å². The normalized spacial score (nSPS) is 31.4. The highest BCUT2D eigenvalue weighted by molar-refractivity contribution is 6.08. The number of esters is 1. The summed E-state index contributed by atoms with van der Waals surface area (Å²) in [5, 5.41) is 11.5. The van der Waals surface area contributed by atoms with Gasteiger partial charge in [-0.05, 0) is 19.1 Å². The van der Waals surface area contributed by atoms with Crippen LogP contribution in [0.25, 0.3) is 0 Å². The molecule has 2 heterocycles. The number of nitrogens with two attached hydrogens (primary N) is 1. The van der Waals surface area contributed by atoms with Crippen molar-refractivity contribution in [2.45, 2.75) is 18.5 Å². The number of fused-ring (bicyclic) bond motifs is 1. The highest BCUT2D eigenvalue weighted by Crippen LogP contribution is 2.44. The fraction of sp³-hybridized carbons (Fsp3) is 0.471. The summed E-state index contributed by atoms with van der Waals surface area (Å²) in [5.74, 6) is -3.89. The average molecular weight is 351 g/mol. The average Bonchev–Trinajstić information content (AvgIpc) is 3.10. The quantitative estimate of drug-likeness (QED) is 0.534. The van der Waals surface area contributed by atoms with Crippen LogP contribution in [0.2, 0.25) is 0 Å². The summed E-state index contributed by atoms with van der Waals surface area (Å²) in [4.78, 5) is 39.1. The number of hydrogen-bond donors (Lipinski definition) is 2. The summed E-state index contributed by atoms with van der Waals surface area (Å²) >= 11 is 0. The summed E-state index contributed by atoms with van der Waals surface area (Å²) in [7, 11) is 1.17. The highest BCUT2D eigenvalue weighted by Gasteiger charge is 2.72. The van der Waals surface area contributed by atoms with Gasteiger partial charge in [-0.25, -0.2) is 9.18 Å². The van der Waals surface area contributed by atoms with Gasteiger partial charge in [-0.2, -0.15) is 0 Å². The molecule has 134 valence electrons. The second kappa shape index (κ2) is 6.20. The Morgan fingerprint density at radius 3 is 2.48 bits per heavy atom. The maximum atomic E-state index is 13.2. The zero-order valence-corrected chi connectivity index (χ0v) is 13.9. The molecule has 0 spiro atoms. The van der Waals surface area contributed by atoms with E-state index < -0.39 is 47.7 Å². The summed E-state index contributed by atoms with van der Waals surface area (Å²) in [6, 6.07) is 4.96. The maximum absolute atomic E-state index is 13.2. The lowest BCUT2D eigenvalue weighted by molar-refractivity contribution is -0.735. The van der Waals surface area contributed by atoms with E-state index in [0.29, 0.717) is 5.56 Å². The summed E-state index contributed by atoms with van der Waals surface area (Å²) < 4.78 is 18.1. The van der Waals surface area contributed by atoms with Crippen LogP contribution >= 0.6 is 0 Å². The molecule has 0 bridgehead atoms. The lowest BCUT2D eigenvalue weighted by Gasteiger charge is -2.27. The highest BCUT2D eigenvalue weighted by atomic mass is 19.1. The van der Waals surface area contributed by atoms with Gasteiger partial charge < -0.3 is 15.2 Å². The molecule has 2 aliphatic rings. The molecule has 1 aromatic rings. The van der Waals surface area contributed by atoms with Crippen LogP contribution in [0.1, 0.15) is 18.5 Å². The molecule has 0 aliphatic carbocycles. The number of ether oxygens (including phenoxy) is 1. The number of quaternary nitrogens is 1. The maximum Gasteiger partial charge on any atom is 0.371 e. The Balaban J connectivity index is 2.13. The Morgan fingerprint density at radius 1 is 1.32 bits per heavy atom. The van der Waals surface area contributed by atoms with Crippen molar-refractivity contribution in [3.8, 4) is 0 Å². The standard InChI is InChI=1S/C17H19FN2O5/c1-3-20-14(22)11-12(15(20)23)17(8-21,16(24)25-2)19-13(11)9-4-6-10(18)7-5-9/h4-7,11-13,19,21H,3,8H2,1-2H3/p+1/t11-,12-,13+,17+/m0/s1. The molecule has 8 heteroatoms. The molecule has 2 amide bonds. The van der Waals surface area contributed by atoms with Crippen LogP contribution in [0, 0.1) is 17.7 Å². The lowest BCUT2D eigenvalue weighted by atomic mass is 9.79. The Kier molecular flexibility index (Phi) is 4.34. The van der Waals surface area contributed by atoms with Crippen molar-refractivity contribution in [1.82, 2.24) is 4.90 Å². The van der Waals surface area contributed by atoms with Crippen molar-refractivity contribution in [2.75, 3.05) is 20.3 Å². The largest absolute Gasteiger partial charge is 0.464 e. The van der Waals surface area contributed by atoms with Gasteiger partial charge in [-0.1, -0.05) is 12.1 Å². The minimum Gasteiger partial charge on any atom is -0.464 e. The number of aliphatic hydroxyl groups is 1. The van der Waals surface area contributed by atoms with E-state index in [4.69, 9.17) is 4.74 Å². The van der Waals surface area contributed by atoms with Crippen LogP contribution in [-0.4, -0.2) is 53.6 Å². The molecule has 3 rings (SSSR count). The lowest BCUT2D eigenvalue weighted by Crippen LogP contribution is -2.99. The summed E-state index contributed by atoms with van der Waals surface area (Å²) in [5.41, 5.74) is -0.982. The monoisotopic (exact) mass is 351 g/mol. The van der Waals surface area contributed by atoms with E-state index >= 15 is 0 Å². The number of imide groups is 1. The first-order valence-electron chi connectivity index (χ1n) is 8.07. The van der Waals surface area contributed by atoms with E-state index in [-0.39, 0.29) is 12.5 Å². The van der Waals surface area contributed by atoms with E-state index in [9.17, 15) is 23.9 Å². The molecule has 7 nitrogen and oxygen atoms in total. The van der Waals surface area contributed by atoms with Crippen LogP contribution in [0.3, 0.4) is 0 Å². The van der Waals surface area contributed by atoms with Crippen molar-refractivity contribution in [3.63, 3.8) is 0 Å². The van der Waals surface area contributed by atoms with Gasteiger partial charge >= 0.3 is 5.97 Å². The molecule has 2 saturated heterocycles. The molecular formula is C17H20FN2O5+. The number of halogens is 1. The third-order valence-electron chi connectivity index (χ3n) is 5.26. The SMILES string of the molecule is CCN1C(=O)[C@@H]2[C@@H](c3ccc(F)cc3)[NH2+][C@@](CO)(C(=O)OC)[C@@H]2C1=O. The molecule has 2 fully saturated rings. The van der Waals surface area contributed by atoms with Crippen molar-refractivity contribution in [2.24, 2.45) is 11.8 Å². The summed E-state index contributed by atoms with van der Waals surface area (Å²) in [6.45, 7) is 1.21. The van der Waals surface area contributed by atoms with Gasteiger partial charge in [0.1, 0.15) is 30.3 Å². The third kappa shape index (κ3) is 2.36. The molecule has 0 aromatic heterocycles. The van der Waals surface area contributed by atoms with E-state index in [2.05, 4.69) is 0 Å². The van der Waals surface area contributed by atoms with Gasteiger partial charge in [0, 0.05) is 12.1 Å². The first kappa shape index (κ1) is 17.5. The Morgan fingerprint density at radius 2 is 1.96 bits per heavy atom. The van der Waals surface area contributed by atoms with Gasteiger partial charge in [0.05, 0.1) is 7.11 Å². The fourth-order valence-corrected chi connectivity index (χ4v) is 4.08. The fourth-order valence-electron chi connectivity index (χ4n) is 4.08. The molecular weight excluding hydrogens is 331 g/mol. The number of rotatable bonds is 4. The predicted octanol–water partition coefficient (Wildman–Crippen LogP) is -1.03. The number of aliphatic hydroxyl groups excluding tert-OH is 1. The van der Waals surface area contributed by atoms with Crippen LogP contribution in [-0.2, 0) is 19.1 Å². The van der Waals surface area contributed by atoms with E-state index in [0.717, 1.165) is 4.90 Å². The van der Waals surface area contributed by atoms with Gasteiger partial charge in [0.25, 0.3) is 0 Å². The van der Waals surface area contributed by atoms with Crippen molar-refractivity contribution in [3.05, 3.63) is 35.6 Å². The number of benzene rings is 1. The van der Waals surface area contributed by atoms with Crippen molar-refractivity contribution < 1.29 is 33.9 Å². The second-order valence-corrected chi connectivity index (χ2v) is 6.36. The topological polar surface area (TPSA) is 101 Å². The zero-order chi connectivity index (χ0) is 18.4. The van der Waals surface area contributed by atoms with Crippen LogP contribution in [0.4, 0.5) is 4.39 Å². The molecule has 0 saturated carbocycles. The number of nitrogens with zero attached hydrogens (tertiary/aromatic N) is 1. The third-order valence-corrected chi connectivity index (χ3v) is 5.26. The second-order valence-electron chi connectivity index (χ2n) is 6.36. The number of amides is 2. The first-order valence-corrected chi connectivity index (χ1v) is 8.07. The number of hydrogen-bond acceptors (Lipinski definition) is 5. The van der Waals surface area contributed by atoms with Crippen LogP contribution in [0.5, 0.6) is 0 Å². The zero-order valence-electron chi connectivity index (χ0n) is 13.9. The first-order chi connectivity index (χ1) is 11.9. The Hall–Kier alpha value is -2.32. The number of carbonyl (C=O) groups excluding carboxylic acids is 3. The summed E-state index contributed by atoms with van der Waals surface area (Å²) in [6.07, 6.45) is 0. The number of carbonyl (C=O) groups is 3. The Bertz CT molecular complexity index is 722. The molecule has 2 aliphatic heterocycles. The number of likely N-dealkylation sites (tertiary alicyclic amines) is 1. The van der Waals surface area contributed by atoms with E-state index in [1.165, 1.54) is 36.7 Å². The van der Waals surface area contributed by atoms with Gasteiger partial charge in [-0.15, -0.1) is 0 Å². The molecule has 4 atom stereocenters. The molecule has 25 heavy (non-hydrogen) atoms. The Labute approximate surface area is 143 Å². The molecule has 0 radical (unpaired) electrons. The van der Waals surface area contributed by atoms with E-state index in [1.807, 2.05) is 0 Å². The molecule has 1 aromatic carbocycles. The van der Waals surface area contributed by atoms with E-state index in [1.54, 1.807) is 6.92 Å². The molecule has 3 N–H and O–H groups in total. The van der Waals surface area contributed by atoms with Crippen molar-refractivity contribution in [1.29, 1.82) is 0 Å². The smallest absolute Gasteiger partial charge is 0.371 e.